The first-order chi connectivity index (χ1) is 12.5. The quantitative estimate of drug-likeness (QED) is 0.667. The van der Waals surface area contributed by atoms with Crippen molar-refractivity contribution < 1.29 is 23.6 Å². The number of rotatable bonds is 3. The summed E-state index contributed by atoms with van der Waals surface area (Å²) in [7, 11) is 0. The highest BCUT2D eigenvalue weighted by molar-refractivity contribution is 6.21. The number of hydrogen-bond acceptors (Lipinski definition) is 6. The minimum absolute atomic E-state index is 0.153. The molecule has 0 saturated carbocycles. The molecule has 4 rings (SSSR count). The molecule has 2 amide bonds. The molecule has 26 heavy (non-hydrogen) atoms. The lowest BCUT2D eigenvalue weighted by atomic mass is 10.1. The largest absolute Gasteiger partial charge is 0.385 e. The highest BCUT2D eigenvalue weighted by atomic mass is 19.1. The lowest BCUT2D eigenvalue weighted by Crippen LogP contribution is -2.32. The van der Waals surface area contributed by atoms with Gasteiger partial charge in [-0.3, -0.25) is 9.59 Å². The Balaban J connectivity index is 1.54. The van der Waals surface area contributed by atoms with Crippen molar-refractivity contribution in [1.29, 1.82) is 0 Å². The molecule has 1 aromatic heterocycles. The van der Waals surface area contributed by atoms with E-state index in [4.69, 9.17) is 4.84 Å². The van der Waals surface area contributed by atoms with Gasteiger partial charge in [0.15, 0.2) is 5.69 Å². The third-order valence-electron chi connectivity index (χ3n) is 3.69. The zero-order chi connectivity index (χ0) is 18.3. The second-order valence-electron chi connectivity index (χ2n) is 5.32. The highest BCUT2D eigenvalue weighted by Crippen LogP contribution is 2.23. The van der Waals surface area contributed by atoms with E-state index >= 15 is 0 Å². The van der Waals surface area contributed by atoms with Crippen LogP contribution in [0.3, 0.4) is 0 Å². The Morgan fingerprint density at radius 2 is 1.58 bits per heavy atom. The van der Waals surface area contributed by atoms with Gasteiger partial charge in [-0.1, -0.05) is 17.2 Å². The molecule has 0 aliphatic carbocycles. The van der Waals surface area contributed by atoms with Crippen molar-refractivity contribution in [1.82, 2.24) is 20.1 Å². The van der Waals surface area contributed by atoms with E-state index in [0.717, 1.165) is 11.0 Å². The van der Waals surface area contributed by atoms with Crippen molar-refractivity contribution in [2.75, 3.05) is 0 Å². The number of carbonyl (C=O) groups excluding carboxylic acids is 3. The van der Waals surface area contributed by atoms with E-state index < -0.39 is 23.6 Å². The second-order valence-corrected chi connectivity index (χ2v) is 5.32. The van der Waals surface area contributed by atoms with Crippen molar-refractivity contribution in [2.45, 2.75) is 0 Å². The molecule has 0 saturated heterocycles. The maximum Gasteiger partial charge on any atom is 0.385 e. The van der Waals surface area contributed by atoms with Gasteiger partial charge in [-0.05, 0) is 36.4 Å². The Bertz CT molecular complexity index is 1010. The number of benzene rings is 2. The second kappa shape index (κ2) is 5.88. The van der Waals surface area contributed by atoms with Crippen molar-refractivity contribution in [2.24, 2.45) is 0 Å². The van der Waals surface area contributed by atoms with Crippen LogP contribution in [0.25, 0.3) is 5.69 Å². The van der Waals surface area contributed by atoms with Crippen LogP contribution in [-0.2, 0) is 4.84 Å². The summed E-state index contributed by atoms with van der Waals surface area (Å²) >= 11 is 0. The predicted octanol–water partition coefficient (Wildman–Crippen LogP) is 1.77. The van der Waals surface area contributed by atoms with Gasteiger partial charge in [-0.15, -0.1) is 5.10 Å². The van der Waals surface area contributed by atoms with Crippen molar-refractivity contribution in [3.63, 3.8) is 0 Å². The topological polar surface area (TPSA) is 94.4 Å². The standard InChI is InChI=1S/C17H9FN4O4/c18-10-5-7-11(8-6-10)22-19-9-14(20-22)17(25)26-21-15(23)12-3-1-2-4-13(12)16(21)24/h1-9H. The summed E-state index contributed by atoms with van der Waals surface area (Å²) in [5.41, 5.74) is 0.512. The van der Waals surface area contributed by atoms with Crippen LogP contribution in [0.15, 0.2) is 54.7 Å². The fraction of sp³-hybridized carbons (Fsp3) is 0. The van der Waals surface area contributed by atoms with E-state index in [1.165, 1.54) is 36.4 Å². The first kappa shape index (κ1) is 15.6. The van der Waals surface area contributed by atoms with E-state index in [-0.39, 0.29) is 16.8 Å². The monoisotopic (exact) mass is 352 g/mol. The van der Waals surface area contributed by atoms with Crippen LogP contribution < -0.4 is 0 Å². The Morgan fingerprint density at radius 3 is 2.19 bits per heavy atom. The SMILES string of the molecule is O=C(ON1C(=O)c2ccccc2C1=O)c1cnn(-c2ccc(F)cc2)n1. The van der Waals surface area contributed by atoms with Gasteiger partial charge >= 0.3 is 5.97 Å². The fourth-order valence-corrected chi connectivity index (χ4v) is 2.44. The van der Waals surface area contributed by atoms with Crippen LogP contribution in [0.4, 0.5) is 4.39 Å². The van der Waals surface area contributed by atoms with Crippen LogP contribution >= 0.6 is 0 Å². The molecule has 1 aliphatic rings. The number of hydrogen-bond donors (Lipinski definition) is 0. The number of imide groups is 1. The van der Waals surface area contributed by atoms with Gasteiger partial charge in [0.2, 0.25) is 0 Å². The van der Waals surface area contributed by atoms with Gasteiger partial charge in [-0.2, -0.15) is 9.90 Å². The Labute approximate surface area is 145 Å². The molecule has 9 heteroatoms. The third kappa shape index (κ3) is 2.51. The molecule has 1 aliphatic heterocycles. The molecule has 0 radical (unpaired) electrons. The van der Waals surface area contributed by atoms with Crippen LogP contribution in [0, 0.1) is 5.82 Å². The summed E-state index contributed by atoms with van der Waals surface area (Å²) < 4.78 is 13.0. The highest BCUT2D eigenvalue weighted by Gasteiger charge is 2.39. The molecule has 0 spiro atoms. The lowest BCUT2D eigenvalue weighted by Gasteiger charge is -2.11. The van der Waals surface area contributed by atoms with Crippen molar-refractivity contribution >= 4 is 17.8 Å². The maximum atomic E-state index is 13.0. The molecular formula is C17H9FN4O4. The summed E-state index contributed by atoms with van der Waals surface area (Å²) in [5.74, 6) is -2.91. The number of aromatic nitrogens is 3. The lowest BCUT2D eigenvalue weighted by molar-refractivity contribution is -0.0588. The number of halogens is 1. The molecule has 2 heterocycles. The zero-order valence-corrected chi connectivity index (χ0v) is 13.0. The van der Waals surface area contributed by atoms with Gasteiger partial charge in [0, 0.05) is 0 Å². The minimum Gasteiger partial charge on any atom is -0.322 e. The summed E-state index contributed by atoms with van der Waals surface area (Å²) in [6.45, 7) is 0. The number of carbonyl (C=O) groups is 3. The van der Waals surface area contributed by atoms with Gasteiger partial charge < -0.3 is 4.84 Å². The molecule has 8 nitrogen and oxygen atoms in total. The number of nitrogens with zero attached hydrogens (tertiary/aromatic N) is 4. The van der Waals surface area contributed by atoms with Crippen molar-refractivity contribution in [3.8, 4) is 5.69 Å². The van der Waals surface area contributed by atoms with E-state index in [2.05, 4.69) is 10.2 Å². The summed E-state index contributed by atoms with van der Waals surface area (Å²) in [4.78, 5) is 42.6. The van der Waals surface area contributed by atoms with E-state index in [9.17, 15) is 18.8 Å². The Hall–Kier alpha value is -3.88. The van der Waals surface area contributed by atoms with Gasteiger partial charge in [-0.25, -0.2) is 9.18 Å². The van der Waals surface area contributed by atoms with Crippen molar-refractivity contribution in [3.05, 3.63) is 77.4 Å². The Morgan fingerprint density at radius 1 is 0.962 bits per heavy atom. The summed E-state index contributed by atoms with van der Waals surface area (Å²) in [6.07, 6.45) is 1.11. The smallest absolute Gasteiger partial charge is 0.322 e. The molecule has 2 aromatic carbocycles. The molecule has 128 valence electrons. The molecule has 3 aromatic rings. The molecule has 0 unspecified atom stereocenters. The zero-order valence-electron chi connectivity index (χ0n) is 13.0. The minimum atomic E-state index is -1.02. The molecular weight excluding hydrogens is 343 g/mol. The number of fused-ring (bicyclic) bond motifs is 1. The fourth-order valence-electron chi connectivity index (χ4n) is 2.44. The van der Waals surface area contributed by atoms with Crippen LogP contribution in [0.2, 0.25) is 0 Å². The Kier molecular flexibility index (Phi) is 3.54. The average molecular weight is 352 g/mol. The first-order valence-electron chi connectivity index (χ1n) is 7.43. The third-order valence-corrected chi connectivity index (χ3v) is 3.69. The van der Waals surface area contributed by atoms with Gasteiger partial charge in [0.1, 0.15) is 5.82 Å². The molecule has 0 fully saturated rings. The molecule has 0 N–H and O–H groups in total. The van der Waals surface area contributed by atoms with Crippen LogP contribution in [0.5, 0.6) is 0 Å². The maximum absolute atomic E-state index is 13.0. The predicted molar refractivity (Wildman–Crippen MR) is 83.7 cm³/mol. The molecule has 0 atom stereocenters. The first-order valence-corrected chi connectivity index (χ1v) is 7.43. The van der Waals surface area contributed by atoms with Gasteiger partial charge in [0.05, 0.1) is 23.0 Å². The van der Waals surface area contributed by atoms with E-state index in [1.807, 2.05) is 0 Å². The van der Waals surface area contributed by atoms with Gasteiger partial charge in [0.25, 0.3) is 11.8 Å². The van der Waals surface area contributed by atoms with E-state index in [0.29, 0.717) is 10.8 Å². The summed E-state index contributed by atoms with van der Waals surface area (Å²) in [6, 6.07) is 11.4. The number of hydroxylamine groups is 2. The molecule has 0 bridgehead atoms. The van der Waals surface area contributed by atoms with Crippen LogP contribution in [-0.4, -0.2) is 37.8 Å². The average Bonchev–Trinajstić information content (AvgIpc) is 3.23. The normalized spacial score (nSPS) is 13.0. The number of amides is 2. The van der Waals surface area contributed by atoms with E-state index in [1.54, 1.807) is 12.1 Å². The van der Waals surface area contributed by atoms with Crippen LogP contribution in [0.1, 0.15) is 31.2 Å². The summed E-state index contributed by atoms with van der Waals surface area (Å²) in [5, 5.41) is 8.19.